The van der Waals surface area contributed by atoms with Crippen LogP contribution in [0.5, 0.6) is 0 Å². The topological polar surface area (TPSA) is 25.2 Å². The molecule has 1 aromatic heterocycles. The van der Waals surface area contributed by atoms with Crippen LogP contribution in [0.25, 0.3) is 0 Å². The van der Waals surface area contributed by atoms with Gasteiger partial charge in [0.1, 0.15) is 0 Å². The zero-order valence-electron chi connectivity index (χ0n) is 5.48. The van der Waals surface area contributed by atoms with Crippen LogP contribution in [0.4, 0.5) is 5.69 Å². The molecule has 1 N–H and O–H groups in total. The third-order valence-corrected chi connectivity index (χ3v) is 1.04. The second kappa shape index (κ2) is 3.17. The lowest BCUT2D eigenvalue weighted by molar-refractivity contribution is 0.559. The average molecular weight is 124 g/mol. The molecule has 2 heteroatoms. The van der Waals surface area contributed by atoms with Crippen LogP contribution < -0.4 is 5.32 Å². The molecule has 0 saturated carbocycles. The summed E-state index contributed by atoms with van der Waals surface area (Å²) in [6, 6.07) is 1.86. The fraction of sp³-hybridized carbons (Fsp3) is 0.429. The lowest BCUT2D eigenvalue weighted by atomic mass is 10.4. The van der Waals surface area contributed by atoms with Gasteiger partial charge in [-0.1, -0.05) is 6.92 Å². The molecule has 0 aromatic carbocycles. The van der Waals surface area contributed by atoms with Gasteiger partial charge in [-0.2, -0.15) is 0 Å². The summed E-state index contributed by atoms with van der Waals surface area (Å²) in [6.07, 6.45) is 5.42. The summed E-state index contributed by atoms with van der Waals surface area (Å²) in [4.78, 5) is 0. The molecule has 1 rings (SSSR count). The van der Waals surface area contributed by atoms with Gasteiger partial charge in [-0.05, 0) is 6.42 Å². The second-order valence-corrected chi connectivity index (χ2v) is 1.86. The monoisotopic (exact) mass is 124 g/mol. The van der Waals surface area contributed by atoms with Crippen LogP contribution in [-0.4, -0.2) is 6.54 Å². The van der Waals surface area contributed by atoms with E-state index >= 15 is 0 Å². The van der Waals surface area contributed by atoms with Gasteiger partial charge < -0.3 is 9.73 Å². The molecule has 0 aliphatic rings. The molecule has 1 aromatic rings. The summed E-state index contributed by atoms with van der Waals surface area (Å²) in [7, 11) is 0. The predicted octanol–water partition coefficient (Wildman–Crippen LogP) is 1.90. The first-order chi connectivity index (χ1) is 4.43. The van der Waals surface area contributed by atoms with Gasteiger partial charge >= 0.3 is 0 Å². The van der Waals surface area contributed by atoms with Gasteiger partial charge in [0.05, 0.1) is 12.0 Å². The minimum absolute atomic E-state index is 0.942. The van der Waals surface area contributed by atoms with Crippen molar-refractivity contribution in [1.82, 2.24) is 0 Å². The van der Waals surface area contributed by atoms with Gasteiger partial charge in [0.25, 0.3) is 0 Å². The quantitative estimate of drug-likeness (QED) is 0.665. The largest absolute Gasteiger partial charge is 0.459 e. The van der Waals surface area contributed by atoms with Crippen LogP contribution >= 0.6 is 0 Å². The zero-order chi connectivity index (χ0) is 6.53. The number of nitrogens with one attached hydrogen (secondary N) is 1. The van der Waals surface area contributed by atoms with E-state index in [1.54, 1.807) is 6.26 Å². The molecule has 0 aliphatic carbocycles. The smallest absolute Gasteiger partial charge is 0.194 e. The molecule has 0 fully saturated rings. The van der Waals surface area contributed by atoms with Crippen molar-refractivity contribution in [1.29, 1.82) is 0 Å². The van der Waals surface area contributed by atoms with Crippen LogP contribution in [0.3, 0.4) is 0 Å². The molecular weight excluding hydrogens is 114 g/mol. The molecular formula is C7H10NO. The number of anilines is 1. The Labute approximate surface area is 54.9 Å². The van der Waals surface area contributed by atoms with Crippen molar-refractivity contribution in [2.45, 2.75) is 13.3 Å². The summed E-state index contributed by atoms with van der Waals surface area (Å²) in [5.74, 6) is 0. The van der Waals surface area contributed by atoms with Crippen molar-refractivity contribution >= 4 is 5.69 Å². The van der Waals surface area contributed by atoms with Crippen molar-refractivity contribution in [2.75, 3.05) is 11.9 Å². The number of furan rings is 1. The van der Waals surface area contributed by atoms with E-state index in [0.29, 0.717) is 0 Å². The van der Waals surface area contributed by atoms with E-state index in [0.717, 1.165) is 18.7 Å². The molecule has 1 radical (unpaired) electrons. The highest BCUT2D eigenvalue weighted by atomic mass is 16.3. The molecule has 0 spiro atoms. The Bertz CT molecular complexity index is 146. The summed E-state index contributed by atoms with van der Waals surface area (Å²) in [5, 5.41) is 3.12. The SMILES string of the molecule is CCCNc1[c]occ1. The molecule has 0 amide bonds. The Hall–Kier alpha value is -0.920. The highest BCUT2D eigenvalue weighted by Crippen LogP contribution is 2.04. The average Bonchev–Trinajstić information content (AvgIpc) is 2.34. The molecule has 1 heterocycles. The number of rotatable bonds is 3. The van der Waals surface area contributed by atoms with Crippen LogP contribution in [-0.2, 0) is 0 Å². The van der Waals surface area contributed by atoms with Crippen molar-refractivity contribution in [3.63, 3.8) is 0 Å². The normalized spacial score (nSPS) is 9.44. The van der Waals surface area contributed by atoms with E-state index in [-0.39, 0.29) is 0 Å². The Morgan fingerprint density at radius 3 is 3.22 bits per heavy atom. The molecule has 0 saturated heterocycles. The first-order valence-corrected chi connectivity index (χ1v) is 3.12. The molecule has 0 bridgehead atoms. The molecule has 9 heavy (non-hydrogen) atoms. The van der Waals surface area contributed by atoms with Gasteiger partial charge in [-0.3, -0.25) is 0 Å². The van der Waals surface area contributed by atoms with Crippen molar-refractivity contribution in [2.24, 2.45) is 0 Å². The second-order valence-electron chi connectivity index (χ2n) is 1.86. The van der Waals surface area contributed by atoms with E-state index in [1.165, 1.54) is 0 Å². The first-order valence-electron chi connectivity index (χ1n) is 3.12. The predicted molar refractivity (Wildman–Crippen MR) is 36.3 cm³/mol. The minimum Gasteiger partial charge on any atom is -0.459 e. The van der Waals surface area contributed by atoms with Crippen LogP contribution in [0, 0.1) is 6.26 Å². The first kappa shape index (κ1) is 6.20. The Balaban J connectivity index is 2.30. The van der Waals surface area contributed by atoms with E-state index in [9.17, 15) is 0 Å². The van der Waals surface area contributed by atoms with Crippen LogP contribution in [0.2, 0.25) is 0 Å². The van der Waals surface area contributed by atoms with Gasteiger partial charge in [-0.15, -0.1) is 0 Å². The molecule has 0 atom stereocenters. The lowest BCUT2D eigenvalue weighted by Crippen LogP contribution is -1.97. The zero-order valence-corrected chi connectivity index (χ0v) is 5.48. The summed E-state index contributed by atoms with van der Waals surface area (Å²) >= 11 is 0. The molecule has 2 nitrogen and oxygen atoms in total. The van der Waals surface area contributed by atoms with Crippen molar-refractivity contribution in [3.05, 3.63) is 18.6 Å². The van der Waals surface area contributed by atoms with Crippen molar-refractivity contribution < 1.29 is 4.42 Å². The highest BCUT2D eigenvalue weighted by molar-refractivity contribution is 5.37. The standard InChI is InChI=1S/C7H10NO/c1-2-4-8-7-3-5-9-6-7/h3,5,8H,2,4H2,1H3. The Morgan fingerprint density at radius 1 is 1.78 bits per heavy atom. The number of hydrogen-bond donors (Lipinski definition) is 1. The highest BCUT2D eigenvalue weighted by Gasteiger charge is 1.89. The third-order valence-electron chi connectivity index (χ3n) is 1.04. The minimum atomic E-state index is 0.942. The van der Waals surface area contributed by atoms with Crippen LogP contribution in [0.1, 0.15) is 13.3 Å². The summed E-state index contributed by atoms with van der Waals surface area (Å²) in [6.45, 7) is 3.10. The Morgan fingerprint density at radius 2 is 2.67 bits per heavy atom. The molecule has 49 valence electrons. The fourth-order valence-corrected chi connectivity index (χ4v) is 0.588. The maximum Gasteiger partial charge on any atom is 0.194 e. The van der Waals surface area contributed by atoms with Crippen molar-refractivity contribution in [3.8, 4) is 0 Å². The molecule has 0 unspecified atom stereocenters. The van der Waals surface area contributed by atoms with E-state index < -0.39 is 0 Å². The maximum atomic E-state index is 4.72. The maximum absolute atomic E-state index is 4.72. The fourth-order valence-electron chi connectivity index (χ4n) is 0.588. The van der Waals surface area contributed by atoms with Gasteiger partial charge in [0, 0.05) is 12.6 Å². The van der Waals surface area contributed by atoms with Gasteiger partial charge in [0.2, 0.25) is 0 Å². The van der Waals surface area contributed by atoms with Gasteiger partial charge in [0.15, 0.2) is 6.26 Å². The Kier molecular flexibility index (Phi) is 2.19. The summed E-state index contributed by atoms with van der Waals surface area (Å²) in [5.41, 5.74) is 0.942. The number of hydrogen-bond acceptors (Lipinski definition) is 2. The van der Waals surface area contributed by atoms with Crippen LogP contribution in [0.15, 0.2) is 16.7 Å². The summed E-state index contributed by atoms with van der Waals surface area (Å²) < 4.78 is 4.72. The molecule has 0 aliphatic heterocycles. The van der Waals surface area contributed by atoms with E-state index in [2.05, 4.69) is 18.5 Å². The van der Waals surface area contributed by atoms with E-state index in [1.807, 2.05) is 6.07 Å². The van der Waals surface area contributed by atoms with E-state index in [4.69, 9.17) is 4.42 Å². The lowest BCUT2D eigenvalue weighted by Gasteiger charge is -1.95. The third kappa shape index (κ3) is 1.80. The van der Waals surface area contributed by atoms with Gasteiger partial charge in [-0.25, -0.2) is 0 Å².